The maximum absolute atomic E-state index is 12.5. The third-order valence-corrected chi connectivity index (χ3v) is 4.75. The molecule has 4 nitrogen and oxygen atoms in total. The van der Waals surface area contributed by atoms with Gasteiger partial charge in [-0.3, -0.25) is 9.59 Å². The molecule has 22 heavy (non-hydrogen) atoms. The van der Waals surface area contributed by atoms with E-state index < -0.39 is 12.0 Å². The van der Waals surface area contributed by atoms with Crippen LogP contribution in [-0.2, 0) is 14.3 Å². The Bertz CT molecular complexity index is 552. The molecule has 1 aromatic carbocycles. The predicted molar refractivity (Wildman–Crippen MR) is 83.4 cm³/mol. The summed E-state index contributed by atoms with van der Waals surface area (Å²) in [4.78, 5) is 24.2. The number of carbonyl (C=O) groups excluding carboxylic acids is 2. The SMILES string of the molecule is O=C1C[C@@H](C(=O)NC2CCCCC2)[C@H](c2ccc(Cl)cc2)O1. The summed E-state index contributed by atoms with van der Waals surface area (Å²) in [6, 6.07) is 7.36. The van der Waals surface area contributed by atoms with Crippen LogP contribution < -0.4 is 5.32 Å². The molecule has 0 radical (unpaired) electrons. The van der Waals surface area contributed by atoms with Gasteiger partial charge in [0.25, 0.3) is 0 Å². The summed E-state index contributed by atoms with van der Waals surface area (Å²) in [5.74, 6) is -0.836. The molecule has 118 valence electrons. The van der Waals surface area contributed by atoms with Gasteiger partial charge in [0, 0.05) is 11.1 Å². The lowest BCUT2D eigenvalue weighted by molar-refractivity contribution is -0.141. The van der Waals surface area contributed by atoms with Gasteiger partial charge >= 0.3 is 5.97 Å². The Morgan fingerprint density at radius 2 is 1.82 bits per heavy atom. The van der Waals surface area contributed by atoms with Gasteiger partial charge in [0.1, 0.15) is 6.10 Å². The molecule has 0 spiro atoms. The van der Waals surface area contributed by atoms with Crippen LogP contribution in [0.25, 0.3) is 0 Å². The second kappa shape index (κ2) is 6.69. The van der Waals surface area contributed by atoms with Gasteiger partial charge in [-0.15, -0.1) is 0 Å². The molecular weight excluding hydrogens is 302 g/mol. The zero-order valence-electron chi connectivity index (χ0n) is 12.4. The van der Waals surface area contributed by atoms with Crippen molar-refractivity contribution in [2.75, 3.05) is 0 Å². The zero-order valence-corrected chi connectivity index (χ0v) is 13.1. The number of nitrogens with one attached hydrogen (secondary N) is 1. The van der Waals surface area contributed by atoms with Crippen molar-refractivity contribution < 1.29 is 14.3 Å². The van der Waals surface area contributed by atoms with Crippen LogP contribution in [0.3, 0.4) is 0 Å². The summed E-state index contributed by atoms with van der Waals surface area (Å²) in [5, 5.41) is 3.72. The average molecular weight is 322 g/mol. The Hall–Kier alpha value is -1.55. The van der Waals surface area contributed by atoms with E-state index in [0.29, 0.717) is 5.02 Å². The van der Waals surface area contributed by atoms with Gasteiger partial charge in [0.2, 0.25) is 5.91 Å². The molecule has 0 aromatic heterocycles. The standard InChI is InChI=1S/C17H20ClNO3/c18-12-8-6-11(7-9-12)16-14(10-15(20)22-16)17(21)19-13-4-2-1-3-5-13/h6-9,13-14,16H,1-5,10H2,(H,19,21)/t14-,16+/m1/s1. The molecule has 2 aliphatic rings. The molecule has 1 N–H and O–H groups in total. The molecule has 1 amide bonds. The molecule has 1 aliphatic heterocycles. The Balaban J connectivity index is 1.70. The van der Waals surface area contributed by atoms with Gasteiger partial charge in [0.15, 0.2) is 0 Å². The smallest absolute Gasteiger partial charge is 0.307 e. The number of carbonyl (C=O) groups is 2. The number of esters is 1. The first-order valence-corrected chi connectivity index (χ1v) is 8.26. The van der Waals surface area contributed by atoms with E-state index in [2.05, 4.69) is 5.32 Å². The number of benzene rings is 1. The fourth-order valence-electron chi connectivity index (χ4n) is 3.30. The fraction of sp³-hybridized carbons (Fsp3) is 0.529. The van der Waals surface area contributed by atoms with E-state index >= 15 is 0 Å². The Morgan fingerprint density at radius 3 is 2.50 bits per heavy atom. The van der Waals surface area contributed by atoms with Crippen LogP contribution in [0.2, 0.25) is 5.02 Å². The lowest BCUT2D eigenvalue weighted by atomic mass is 9.92. The van der Waals surface area contributed by atoms with Crippen molar-refractivity contribution in [2.24, 2.45) is 5.92 Å². The second-order valence-electron chi connectivity index (χ2n) is 6.12. The molecule has 1 aliphatic carbocycles. The van der Waals surface area contributed by atoms with Crippen LogP contribution in [0, 0.1) is 5.92 Å². The van der Waals surface area contributed by atoms with Gasteiger partial charge < -0.3 is 10.1 Å². The topological polar surface area (TPSA) is 55.4 Å². The van der Waals surface area contributed by atoms with Crippen LogP contribution in [0.15, 0.2) is 24.3 Å². The van der Waals surface area contributed by atoms with Gasteiger partial charge in [0.05, 0.1) is 12.3 Å². The highest BCUT2D eigenvalue weighted by molar-refractivity contribution is 6.30. The van der Waals surface area contributed by atoms with Crippen LogP contribution in [0.5, 0.6) is 0 Å². The molecule has 1 saturated carbocycles. The molecule has 0 bridgehead atoms. The Morgan fingerprint density at radius 1 is 1.14 bits per heavy atom. The number of ether oxygens (including phenoxy) is 1. The molecule has 5 heteroatoms. The Labute approximate surface area is 135 Å². The minimum Gasteiger partial charge on any atom is -0.457 e. The largest absolute Gasteiger partial charge is 0.457 e. The molecule has 1 aromatic rings. The van der Waals surface area contributed by atoms with Gasteiger partial charge in [-0.1, -0.05) is 43.0 Å². The monoisotopic (exact) mass is 321 g/mol. The Kier molecular flexibility index (Phi) is 4.67. The summed E-state index contributed by atoms with van der Waals surface area (Å²) < 4.78 is 5.37. The highest BCUT2D eigenvalue weighted by Crippen LogP contribution is 2.36. The molecule has 1 heterocycles. The van der Waals surface area contributed by atoms with Crippen LogP contribution in [0.4, 0.5) is 0 Å². The van der Waals surface area contributed by atoms with Crippen LogP contribution >= 0.6 is 11.6 Å². The van der Waals surface area contributed by atoms with Crippen LogP contribution in [-0.4, -0.2) is 17.9 Å². The number of rotatable bonds is 3. The zero-order chi connectivity index (χ0) is 15.5. The first-order valence-electron chi connectivity index (χ1n) is 7.89. The number of cyclic esters (lactones) is 1. The minimum absolute atomic E-state index is 0.0716. The maximum atomic E-state index is 12.5. The van der Waals surface area contributed by atoms with E-state index in [0.717, 1.165) is 31.2 Å². The van der Waals surface area contributed by atoms with E-state index in [9.17, 15) is 9.59 Å². The van der Waals surface area contributed by atoms with Crippen molar-refractivity contribution in [3.8, 4) is 0 Å². The lowest BCUT2D eigenvalue weighted by Crippen LogP contribution is -2.40. The van der Waals surface area contributed by atoms with E-state index in [-0.39, 0.29) is 24.3 Å². The lowest BCUT2D eigenvalue weighted by Gasteiger charge is -2.25. The first-order chi connectivity index (χ1) is 10.6. The molecule has 1 saturated heterocycles. The highest BCUT2D eigenvalue weighted by atomic mass is 35.5. The normalized spacial score (nSPS) is 25.8. The maximum Gasteiger partial charge on any atom is 0.307 e. The van der Waals surface area contributed by atoms with Crippen molar-refractivity contribution in [1.82, 2.24) is 5.32 Å². The van der Waals surface area contributed by atoms with Crippen molar-refractivity contribution in [2.45, 2.75) is 50.7 Å². The average Bonchev–Trinajstić information content (AvgIpc) is 2.91. The summed E-state index contributed by atoms with van der Waals surface area (Å²) in [6.07, 6.45) is 5.25. The number of hydrogen-bond donors (Lipinski definition) is 1. The predicted octanol–water partition coefficient (Wildman–Crippen LogP) is 3.39. The van der Waals surface area contributed by atoms with E-state index in [1.165, 1.54) is 6.42 Å². The summed E-state index contributed by atoms with van der Waals surface area (Å²) in [7, 11) is 0. The molecular formula is C17H20ClNO3. The summed E-state index contributed by atoms with van der Waals surface area (Å²) >= 11 is 5.89. The second-order valence-corrected chi connectivity index (χ2v) is 6.55. The van der Waals surface area contributed by atoms with Crippen molar-refractivity contribution in [3.63, 3.8) is 0 Å². The summed E-state index contributed by atoms with van der Waals surface area (Å²) in [5.41, 5.74) is 0.819. The molecule has 2 fully saturated rings. The van der Waals surface area contributed by atoms with E-state index in [1.807, 2.05) is 12.1 Å². The summed E-state index contributed by atoms with van der Waals surface area (Å²) in [6.45, 7) is 0. The van der Waals surface area contributed by atoms with Crippen molar-refractivity contribution in [3.05, 3.63) is 34.9 Å². The molecule has 0 unspecified atom stereocenters. The van der Waals surface area contributed by atoms with E-state index in [4.69, 9.17) is 16.3 Å². The van der Waals surface area contributed by atoms with Crippen LogP contribution in [0.1, 0.15) is 50.2 Å². The minimum atomic E-state index is -0.506. The quantitative estimate of drug-likeness (QED) is 0.868. The van der Waals surface area contributed by atoms with Gasteiger partial charge in [-0.05, 0) is 30.5 Å². The van der Waals surface area contributed by atoms with Crippen molar-refractivity contribution >= 4 is 23.5 Å². The number of amides is 1. The number of hydrogen-bond acceptors (Lipinski definition) is 3. The molecule has 2 atom stereocenters. The third kappa shape index (κ3) is 3.43. The first kappa shape index (κ1) is 15.3. The van der Waals surface area contributed by atoms with E-state index in [1.54, 1.807) is 12.1 Å². The van der Waals surface area contributed by atoms with Gasteiger partial charge in [-0.2, -0.15) is 0 Å². The third-order valence-electron chi connectivity index (χ3n) is 4.50. The van der Waals surface area contributed by atoms with Gasteiger partial charge in [-0.25, -0.2) is 0 Å². The highest BCUT2D eigenvalue weighted by Gasteiger charge is 2.41. The number of halogens is 1. The molecule has 3 rings (SSSR count). The van der Waals surface area contributed by atoms with Crippen molar-refractivity contribution in [1.29, 1.82) is 0 Å². The fourth-order valence-corrected chi connectivity index (χ4v) is 3.42.